The Bertz CT molecular complexity index is 526. The van der Waals surface area contributed by atoms with Crippen LogP contribution in [0.15, 0.2) is 6.33 Å². The van der Waals surface area contributed by atoms with E-state index in [-0.39, 0.29) is 0 Å². The SMILES string of the molecule is Cc1nn(CC(C)(C)O)c2ncnc(N)c12. The molecule has 16 heavy (non-hydrogen) atoms. The van der Waals surface area contributed by atoms with Gasteiger partial charge in [0.1, 0.15) is 12.1 Å². The van der Waals surface area contributed by atoms with Gasteiger partial charge in [0.2, 0.25) is 0 Å². The molecule has 0 amide bonds. The van der Waals surface area contributed by atoms with Crippen molar-refractivity contribution in [2.45, 2.75) is 32.9 Å². The third kappa shape index (κ3) is 1.83. The first-order valence-electron chi connectivity index (χ1n) is 5.04. The molecule has 0 unspecified atom stereocenters. The quantitative estimate of drug-likeness (QED) is 0.770. The molecule has 0 fully saturated rings. The van der Waals surface area contributed by atoms with Crippen LogP contribution in [0.5, 0.6) is 0 Å². The summed E-state index contributed by atoms with van der Waals surface area (Å²) in [5, 5.41) is 14.8. The number of hydrogen-bond donors (Lipinski definition) is 2. The van der Waals surface area contributed by atoms with Crippen molar-refractivity contribution >= 4 is 16.9 Å². The van der Waals surface area contributed by atoms with Crippen molar-refractivity contribution < 1.29 is 5.11 Å². The monoisotopic (exact) mass is 221 g/mol. The summed E-state index contributed by atoms with van der Waals surface area (Å²) >= 11 is 0. The number of aryl methyl sites for hydroxylation is 1. The summed E-state index contributed by atoms with van der Waals surface area (Å²) < 4.78 is 1.66. The maximum absolute atomic E-state index is 9.77. The van der Waals surface area contributed by atoms with E-state index in [1.807, 2.05) is 6.92 Å². The van der Waals surface area contributed by atoms with Crippen molar-refractivity contribution in [3.05, 3.63) is 12.0 Å². The van der Waals surface area contributed by atoms with Crippen molar-refractivity contribution in [1.29, 1.82) is 0 Å². The van der Waals surface area contributed by atoms with E-state index in [0.29, 0.717) is 18.0 Å². The number of aliphatic hydroxyl groups is 1. The number of nitrogens with two attached hydrogens (primary N) is 1. The fourth-order valence-electron chi connectivity index (χ4n) is 1.69. The molecule has 2 rings (SSSR count). The highest BCUT2D eigenvalue weighted by Crippen LogP contribution is 2.21. The van der Waals surface area contributed by atoms with Crippen molar-refractivity contribution in [2.24, 2.45) is 0 Å². The van der Waals surface area contributed by atoms with Crippen LogP contribution < -0.4 is 5.73 Å². The van der Waals surface area contributed by atoms with Gasteiger partial charge in [-0.2, -0.15) is 5.10 Å². The number of nitrogen functional groups attached to an aromatic ring is 1. The molecule has 0 atom stereocenters. The van der Waals surface area contributed by atoms with Crippen LogP contribution in [0.4, 0.5) is 5.82 Å². The Balaban J connectivity index is 2.60. The molecule has 0 radical (unpaired) electrons. The van der Waals surface area contributed by atoms with Crippen molar-refractivity contribution in [1.82, 2.24) is 19.7 Å². The zero-order valence-electron chi connectivity index (χ0n) is 9.60. The van der Waals surface area contributed by atoms with Crippen molar-refractivity contribution in [3.8, 4) is 0 Å². The van der Waals surface area contributed by atoms with E-state index in [2.05, 4.69) is 15.1 Å². The highest BCUT2D eigenvalue weighted by atomic mass is 16.3. The van der Waals surface area contributed by atoms with Gasteiger partial charge in [0, 0.05) is 0 Å². The summed E-state index contributed by atoms with van der Waals surface area (Å²) in [6, 6.07) is 0. The largest absolute Gasteiger partial charge is 0.389 e. The Morgan fingerprint density at radius 1 is 1.44 bits per heavy atom. The molecule has 2 aromatic heterocycles. The summed E-state index contributed by atoms with van der Waals surface area (Å²) in [7, 11) is 0. The molecule has 0 aliphatic carbocycles. The minimum Gasteiger partial charge on any atom is -0.389 e. The molecule has 0 aliphatic rings. The van der Waals surface area contributed by atoms with Crippen LogP contribution >= 0.6 is 0 Å². The van der Waals surface area contributed by atoms with Crippen LogP contribution in [0.25, 0.3) is 11.0 Å². The van der Waals surface area contributed by atoms with Gasteiger partial charge < -0.3 is 10.8 Å². The second-order valence-electron chi connectivity index (χ2n) is 4.51. The van der Waals surface area contributed by atoms with E-state index >= 15 is 0 Å². The minimum atomic E-state index is -0.842. The first-order chi connectivity index (χ1) is 7.38. The fourth-order valence-corrected chi connectivity index (χ4v) is 1.69. The Kier molecular flexibility index (Phi) is 2.31. The molecule has 0 aromatic carbocycles. The van der Waals surface area contributed by atoms with E-state index in [9.17, 15) is 5.11 Å². The number of hydrogen-bond acceptors (Lipinski definition) is 5. The van der Waals surface area contributed by atoms with Gasteiger partial charge in [-0.05, 0) is 20.8 Å². The highest BCUT2D eigenvalue weighted by Gasteiger charge is 2.18. The second kappa shape index (κ2) is 3.41. The van der Waals surface area contributed by atoms with E-state index in [1.165, 1.54) is 6.33 Å². The molecule has 6 heteroatoms. The number of anilines is 1. The van der Waals surface area contributed by atoms with Crippen LogP contribution in [-0.2, 0) is 6.54 Å². The zero-order valence-corrected chi connectivity index (χ0v) is 9.60. The number of nitrogens with zero attached hydrogens (tertiary/aromatic N) is 4. The van der Waals surface area contributed by atoms with Gasteiger partial charge >= 0.3 is 0 Å². The van der Waals surface area contributed by atoms with Gasteiger partial charge in [0.25, 0.3) is 0 Å². The molecule has 0 bridgehead atoms. The predicted octanol–water partition coefficient (Wildman–Crippen LogP) is 0.488. The predicted molar refractivity (Wildman–Crippen MR) is 60.8 cm³/mol. The van der Waals surface area contributed by atoms with Crippen LogP contribution in [0, 0.1) is 6.92 Å². The third-order valence-corrected chi connectivity index (χ3v) is 2.27. The lowest BCUT2D eigenvalue weighted by Crippen LogP contribution is -2.26. The lowest BCUT2D eigenvalue weighted by Gasteiger charge is -2.16. The van der Waals surface area contributed by atoms with Gasteiger partial charge in [0.05, 0.1) is 23.2 Å². The Morgan fingerprint density at radius 3 is 2.75 bits per heavy atom. The molecule has 0 saturated heterocycles. The van der Waals surface area contributed by atoms with Gasteiger partial charge in [-0.25, -0.2) is 14.6 Å². The van der Waals surface area contributed by atoms with Crippen LogP contribution in [0.3, 0.4) is 0 Å². The number of aromatic nitrogens is 4. The Morgan fingerprint density at radius 2 is 2.12 bits per heavy atom. The summed E-state index contributed by atoms with van der Waals surface area (Å²) in [5.41, 5.74) is 6.36. The molecule has 86 valence electrons. The van der Waals surface area contributed by atoms with Crippen LogP contribution in [0.1, 0.15) is 19.5 Å². The normalized spacial score (nSPS) is 12.2. The lowest BCUT2D eigenvalue weighted by molar-refractivity contribution is 0.0588. The maximum Gasteiger partial charge on any atom is 0.163 e. The molecular formula is C10H15N5O. The summed E-state index contributed by atoms with van der Waals surface area (Å²) in [6.07, 6.45) is 1.40. The van der Waals surface area contributed by atoms with Crippen LogP contribution in [-0.4, -0.2) is 30.5 Å². The van der Waals surface area contributed by atoms with E-state index in [4.69, 9.17) is 5.73 Å². The van der Waals surface area contributed by atoms with E-state index in [0.717, 1.165) is 11.1 Å². The first-order valence-corrected chi connectivity index (χ1v) is 5.04. The van der Waals surface area contributed by atoms with Crippen molar-refractivity contribution in [2.75, 3.05) is 5.73 Å². The van der Waals surface area contributed by atoms with Gasteiger partial charge in [-0.1, -0.05) is 0 Å². The number of fused-ring (bicyclic) bond motifs is 1. The average molecular weight is 221 g/mol. The second-order valence-corrected chi connectivity index (χ2v) is 4.51. The molecule has 0 saturated carbocycles. The van der Waals surface area contributed by atoms with Gasteiger partial charge in [-0.3, -0.25) is 0 Å². The average Bonchev–Trinajstić information content (AvgIpc) is 2.42. The van der Waals surface area contributed by atoms with Crippen molar-refractivity contribution in [3.63, 3.8) is 0 Å². The fraction of sp³-hybridized carbons (Fsp3) is 0.500. The topological polar surface area (TPSA) is 89.8 Å². The molecule has 0 aliphatic heterocycles. The van der Waals surface area contributed by atoms with E-state index in [1.54, 1.807) is 18.5 Å². The standard InChI is InChI=1S/C10H15N5O/c1-6-7-8(11)12-5-13-9(7)15(14-6)4-10(2,3)16/h5,16H,4H2,1-3H3,(H2,11,12,13). The number of rotatable bonds is 2. The molecule has 2 aromatic rings. The van der Waals surface area contributed by atoms with E-state index < -0.39 is 5.60 Å². The maximum atomic E-state index is 9.77. The lowest BCUT2D eigenvalue weighted by atomic mass is 10.1. The Hall–Kier alpha value is -1.69. The summed E-state index contributed by atoms with van der Waals surface area (Å²) in [4.78, 5) is 8.07. The third-order valence-electron chi connectivity index (χ3n) is 2.27. The van der Waals surface area contributed by atoms with Gasteiger partial charge in [0.15, 0.2) is 5.65 Å². The molecule has 6 nitrogen and oxygen atoms in total. The zero-order chi connectivity index (χ0) is 11.9. The molecule has 0 spiro atoms. The van der Waals surface area contributed by atoms with Gasteiger partial charge in [-0.15, -0.1) is 0 Å². The molecular weight excluding hydrogens is 206 g/mol. The first kappa shape index (κ1) is 10.8. The molecule has 2 heterocycles. The highest BCUT2D eigenvalue weighted by molar-refractivity contribution is 5.87. The Labute approximate surface area is 93.1 Å². The van der Waals surface area contributed by atoms with Crippen LogP contribution in [0.2, 0.25) is 0 Å². The minimum absolute atomic E-state index is 0.369. The summed E-state index contributed by atoms with van der Waals surface area (Å²) in [6.45, 7) is 5.66. The molecule has 3 N–H and O–H groups in total. The smallest absolute Gasteiger partial charge is 0.163 e. The summed E-state index contributed by atoms with van der Waals surface area (Å²) in [5.74, 6) is 0.421.